The molecular formula is C15H13BrO2S. The van der Waals surface area contributed by atoms with Gasteiger partial charge in [-0.25, -0.2) is 0 Å². The monoisotopic (exact) mass is 336 g/mol. The topological polar surface area (TPSA) is 26.3 Å². The Morgan fingerprint density at radius 3 is 2.79 bits per heavy atom. The number of hydrogen-bond acceptors (Lipinski definition) is 3. The predicted octanol–water partition coefficient (Wildman–Crippen LogP) is 4.46. The quantitative estimate of drug-likeness (QED) is 0.757. The maximum atomic E-state index is 12.4. The molecule has 1 aliphatic rings. The van der Waals surface area contributed by atoms with E-state index in [0.717, 1.165) is 32.6 Å². The SMILES string of the molecule is CC1(C)Cc2cc(C(=O)c3csc(Br)c3)ccc2O1. The van der Waals surface area contributed by atoms with Crippen molar-refractivity contribution in [2.45, 2.75) is 25.9 Å². The van der Waals surface area contributed by atoms with Gasteiger partial charge in [0.05, 0.1) is 3.79 Å². The summed E-state index contributed by atoms with van der Waals surface area (Å²) in [5.74, 6) is 0.961. The number of ether oxygens (including phenoxy) is 1. The van der Waals surface area contributed by atoms with Gasteiger partial charge in [0.1, 0.15) is 11.4 Å². The number of ketones is 1. The molecule has 0 fully saturated rings. The van der Waals surface area contributed by atoms with Gasteiger partial charge in [-0.3, -0.25) is 4.79 Å². The van der Waals surface area contributed by atoms with E-state index in [-0.39, 0.29) is 11.4 Å². The van der Waals surface area contributed by atoms with Gasteiger partial charge in [-0.15, -0.1) is 11.3 Å². The van der Waals surface area contributed by atoms with Crippen LogP contribution in [0.2, 0.25) is 0 Å². The van der Waals surface area contributed by atoms with Gasteiger partial charge in [0, 0.05) is 22.9 Å². The van der Waals surface area contributed by atoms with E-state index < -0.39 is 0 Å². The van der Waals surface area contributed by atoms with Crippen LogP contribution >= 0.6 is 27.3 Å². The Hall–Kier alpha value is -1.13. The van der Waals surface area contributed by atoms with E-state index >= 15 is 0 Å². The molecule has 0 bridgehead atoms. The first kappa shape index (κ1) is 12.9. The Kier molecular flexibility index (Phi) is 3.02. The summed E-state index contributed by atoms with van der Waals surface area (Å²) in [7, 11) is 0. The van der Waals surface area contributed by atoms with Crippen molar-refractivity contribution < 1.29 is 9.53 Å². The van der Waals surface area contributed by atoms with Crippen LogP contribution in [-0.4, -0.2) is 11.4 Å². The highest BCUT2D eigenvalue weighted by molar-refractivity contribution is 9.11. The van der Waals surface area contributed by atoms with Crippen LogP contribution in [0.15, 0.2) is 33.4 Å². The van der Waals surface area contributed by atoms with E-state index in [9.17, 15) is 4.79 Å². The van der Waals surface area contributed by atoms with Crippen molar-refractivity contribution in [3.8, 4) is 5.75 Å². The van der Waals surface area contributed by atoms with Crippen molar-refractivity contribution >= 4 is 33.0 Å². The molecule has 0 N–H and O–H groups in total. The fourth-order valence-corrected chi connectivity index (χ4v) is 3.48. The molecule has 1 aliphatic heterocycles. The fraction of sp³-hybridized carbons (Fsp3) is 0.267. The third-order valence-electron chi connectivity index (χ3n) is 3.15. The molecule has 0 unspecified atom stereocenters. The molecular weight excluding hydrogens is 324 g/mol. The number of hydrogen-bond donors (Lipinski definition) is 0. The highest BCUT2D eigenvalue weighted by atomic mass is 79.9. The zero-order chi connectivity index (χ0) is 13.6. The summed E-state index contributed by atoms with van der Waals surface area (Å²) in [5, 5.41) is 1.88. The van der Waals surface area contributed by atoms with Crippen molar-refractivity contribution in [2.24, 2.45) is 0 Å². The van der Waals surface area contributed by atoms with E-state index in [1.54, 1.807) is 0 Å². The Bertz CT molecular complexity index is 658. The van der Waals surface area contributed by atoms with E-state index in [1.165, 1.54) is 11.3 Å². The maximum Gasteiger partial charge on any atom is 0.193 e. The van der Waals surface area contributed by atoms with Crippen LogP contribution in [0.25, 0.3) is 0 Å². The standard InChI is InChI=1S/C15H13BrO2S/c1-15(2)7-10-5-9(3-4-12(10)18-15)14(17)11-6-13(16)19-8-11/h3-6,8H,7H2,1-2H3. The fourth-order valence-electron chi connectivity index (χ4n) is 2.35. The molecule has 0 saturated carbocycles. The first-order chi connectivity index (χ1) is 8.94. The van der Waals surface area contributed by atoms with Crippen molar-refractivity contribution in [1.29, 1.82) is 0 Å². The van der Waals surface area contributed by atoms with Gasteiger partial charge in [0.2, 0.25) is 0 Å². The zero-order valence-electron chi connectivity index (χ0n) is 10.7. The van der Waals surface area contributed by atoms with Crippen molar-refractivity contribution in [3.63, 3.8) is 0 Å². The first-order valence-electron chi connectivity index (χ1n) is 6.05. The summed E-state index contributed by atoms with van der Waals surface area (Å²) in [5.41, 5.74) is 2.40. The van der Waals surface area contributed by atoms with Crippen LogP contribution in [0.4, 0.5) is 0 Å². The van der Waals surface area contributed by atoms with E-state index in [2.05, 4.69) is 29.8 Å². The molecule has 1 aromatic heterocycles. The maximum absolute atomic E-state index is 12.4. The lowest BCUT2D eigenvalue weighted by Gasteiger charge is -2.16. The molecule has 2 heterocycles. The third kappa shape index (κ3) is 2.47. The van der Waals surface area contributed by atoms with Crippen molar-refractivity contribution in [3.05, 3.63) is 50.1 Å². The van der Waals surface area contributed by atoms with Gasteiger partial charge in [0.15, 0.2) is 5.78 Å². The average molecular weight is 337 g/mol. The molecule has 0 spiro atoms. The second kappa shape index (κ2) is 4.46. The molecule has 0 atom stereocenters. The second-order valence-electron chi connectivity index (χ2n) is 5.33. The number of halogens is 1. The third-order valence-corrected chi connectivity index (χ3v) is 4.66. The first-order valence-corrected chi connectivity index (χ1v) is 7.72. The van der Waals surface area contributed by atoms with Crippen LogP contribution in [0.3, 0.4) is 0 Å². The number of carbonyl (C=O) groups is 1. The minimum atomic E-state index is -0.171. The number of benzene rings is 1. The Morgan fingerprint density at radius 2 is 2.11 bits per heavy atom. The van der Waals surface area contributed by atoms with Crippen LogP contribution in [0.1, 0.15) is 35.3 Å². The molecule has 0 aliphatic carbocycles. The minimum absolute atomic E-state index is 0.0643. The predicted molar refractivity (Wildman–Crippen MR) is 80.3 cm³/mol. The lowest BCUT2D eigenvalue weighted by molar-refractivity contribution is 0.103. The van der Waals surface area contributed by atoms with E-state index in [1.807, 2.05) is 29.6 Å². The Balaban J connectivity index is 1.94. The van der Waals surface area contributed by atoms with Crippen LogP contribution < -0.4 is 4.74 Å². The van der Waals surface area contributed by atoms with Gasteiger partial charge < -0.3 is 4.74 Å². The Labute approximate surface area is 124 Å². The average Bonchev–Trinajstić information content (AvgIpc) is 2.88. The number of rotatable bonds is 2. The minimum Gasteiger partial charge on any atom is -0.487 e. The smallest absolute Gasteiger partial charge is 0.193 e. The second-order valence-corrected chi connectivity index (χ2v) is 7.62. The molecule has 19 heavy (non-hydrogen) atoms. The molecule has 1 aromatic carbocycles. The molecule has 4 heteroatoms. The summed E-state index contributed by atoms with van der Waals surface area (Å²) in [4.78, 5) is 12.4. The van der Waals surface area contributed by atoms with Gasteiger partial charge >= 0.3 is 0 Å². The lowest BCUT2D eigenvalue weighted by Crippen LogP contribution is -2.24. The van der Waals surface area contributed by atoms with Crippen LogP contribution in [0, 0.1) is 0 Å². The van der Waals surface area contributed by atoms with Crippen LogP contribution in [-0.2, 0) is 6.42 Å². The van der Waals surface area contributed by atoms with E-state index in [0.29, 0.717) is 0 Å². The molecule has 0 amide bonds. The number of fused-ring (bicyclic) bond motifs is 1. The lowest BCUT2D eigenvalue weighted by atomic mass is 9.98. The normalized spacial score (nSPS) is 15.9. The van der Waals surface area contributed by atoms with Gasteiger partial charge in [-0.05, 0) is 59.6 Å². The summed E-state index contributed by atoms with van der Waals surface area (Å²) < 4.78 is 6.80. The largest absolute Gasteiger partial charge is 0.487 e. The van der Waals surface area contributed by atoms with Crippen LogP contribution in [0.5, 0.6) is 5.75 Å². The molecule has 2 nitrogen and oxygen atoms in total. The van der Waals surface area contributed by atoms with E-state index in [4.69, 9.17) is 4.74 Å². The van der Waals surface area contributed by atoms with Crippen molar-refractivity contribution in [2.75, 3.05) is 0 Å². The summed E-state index contributed by atoms with van der Waals surface area (Å²) >= 11 is 4.91. The molecule has 2 aromatic rings. The number of thiophene rings is 1. The van der Waals surface area contributed by atoms with Gasteiger partial charge in [-0.1, -0.05) is 0 Å². The Morgan fingerprint density at radius 1 is 1.32 bits per heavy atom. The highest BCUT2D eigenvalue weighted by Crippen LogP contribution is 2.35. The molecule has 98 valence electrons. The van der Waals surface area contributed by atoms with Gasteiger partial charge in [-0.2, -0.15) is 0 Å². The summed E-state index contributed by atoms with van der Waals surface area (Å²) in [6.07, 6.45) is 0.844. The molecule has 3 rings (SSSR count). The van der Waals surface area contributed by atoms with Crippen molar-refractivity contribution in [1.82, 2.24) is 0 Å². The summed E-state index contributed by atoms with van der Waals surface area (Å²) in [6.45, 7) is 4.12. The zero-order valence-corrected chi connectivity index (χ0v) is 13.1. The molecule has 0 radical (unpaired) electrons. The summed E-state index contributed by atoms with van der Waals surface area (Å²) in [6, 6.07) is 7.56. The highest BCUT2D eigenvalue weighted by Gasteiger charge is 2.30. The number of carbonyl (C=O) groups excluding carboxylic acids is 1. The van der Waals surface area contributed by atoms with Gasteiger partial charge in [0.25, 0.3) is 0 Å². The molecule has 0 saturated heterocycles.